The first-order chi connectivity index (χ1) is 8.55. The molecular formula is C11H18N4O2S. The first-order valence-corrected chi connectivity index (χ1v) is 7.47. The number of aromatic nitrogens is 2. The fraction of sp³-hybridized carbons (Fsp3) is 0.636. The van der Waals surface area contributed by atoms with Crippen LogP contribution in [0, 0.1) is 12.8 Å². The lowest BCUT2D eigenvalue weighted by Gasteiger charge is -2.30. The Hall–Kier alpha value is -1.05. The van der Waals surface area contributed by atoms with Crippen LogP contribution in [0.4, 0.5) is 0 Å². The summed E-state index contributed by atoms with van der Waals surface area (Å²) in [5.74, 6) is 0.430. The van der Waals surface area contributed by atoms with Crippen molar-refractivity contribution in [3.63, 3.8) is 0 Å². The lowest BCUT2D eigenvalue weighted by molar-refractivity contribution is 0.277. The van der Waals surface area contributed by atoms with Gasteiger partial charge in [0.15, 0.2) is 5.03 Å². The van der Waals surface area contributed by atoms with Gasteiger partial charge in [0.25, 0.3) is 10.0 Å². The Morgan fingerprint density at radius 3 is 2.50 bits per heavy atom. The minimum Gasteiger partial charge on any atom is -0.330 e. The van der Waals surface area contributed by atoms with Crippen LogP contribution >= 0.6 is 0 Å². The van der Waals surface area contributed by atoms with E-state index in [9.17, 15) is 8.42 Å². The summed E-state index contributed by atoms with van der Waals surface area (Å²) in [4.78, 5) is 7.93. The van der Waals surface area contributed by atoms with Crippen molar-refractivity contribution >= 4 is 10.0 Å². The lowest BCUT2D eigenvalue weighted by atomic mass is 9.99. The van der Waals surface area contributed by atoms with Gasteiger partial charge in [-0.05, 0) is 32.2 Å². The van der Waals surface area contributed by atoms with Crippen molar-refractivity contribution in [1.29, 1.82) is 0 Å². The molecule has 6 nitrogen and oxygen atoms in total. The molecule has 0 aromatic carbocycles. The largest absolute Gasteiger partial charge is 0.330 e. The minimum atomic E-state index is -3.51. The first-order valence-electron chi connectivity index (χ1n) is 6.03. The van der Waals surface area contributed by atoms with Crippen molar-refractivity contribution in [3.05, 3.63) is 18.1 Å². The van der Waals surface area contributed by atoms with Crippen molar-refractivity contribution in [1.82, 2.24) is 14.3 Å². The maximum absolute atomic E-state index is 12.4. The molecule has 1 aromatic rings. The van der Waals surface area contributed by atoms with E-state index in [0.717, 1.165) is 12.8 Å². The van der Waals surface area contributed by atoms with E-state index >= 15 is 0 Å². The number of nitrogens with zero attached hydrogens (tertiary/aromatic N) is 3. The molecule has 2 N–H and O–H groups in total. The molecule has 1 fully saturated rings. The maximum atomic E-state index is 12.4. The predicted octanol–water partition coefficient (Wildman–Crippen LogP) is 0.144. The summed E-state index contributed by atoms with van der Waals surface area (Å²) in [5, 5.41) is 0.0659. The third kappa shape index (κ3) is 2.52. The van der Waals surface area contributed by atoms with Gasteiger partial charge in [-0.1, -0.05) is 0 Å². The molecule has 2 rings (SSSR count). The van der Waals surface area contributed by atoms with Crippen LogP contribution in [0.1, 0.15) is 18.5 Å². The number of aryl methyl sites for hydroxylation is 1. The second-order valence-corrected chi connectivity index (χ2v) is 6.38. The second kappa shape index (κ2) is 5.29. The zero-order valence-corrected chi connectivity index (χ0v) is 11.2. The van der Waals surface area contributed by atoms with Crippen LogP contribution in [-0.4, -0.2) is 42.3 Å². The summed E-state index contributed by atoms with van der Waals surface area (Å²) in [7, 11) is -3.51. The van der Waals surface area contributed by atoms with E-state index in [4.69, 9.17) is 5.73 Å². The molecule has 0 spiro atoms. The van der Waals surface area contributed by atoms with Crippen molar-refractivity contribution in [3.8, 4) is 0 Å². The number of sulfonamides is 1. The van der Waals surface area contributed by atoms with E-state index in [1.807, 2.05) is 0 Å². The number of nitrogens with two attached hydrogens (primary N) is 1. The summed E-state index contributed by atoms with van der Waals surface area (Å²) in [6.45, 7) is 3.31. The van der Waals surface area contributed by atoms with Gasteiger partial charge in [-0.2, -0.15) is 4.31 Å². The van der Waals surface area contributed by atoms with Gasteiger partial charge in [0.05, 0.1) is 5.69 Å². The van der Waals surface area contributed by atoms with E-state index < -0.39 is 10.0 Å². The molecule has 7 heteroatoms. The van der Waals surface area contributed by atoms with Crippen LogP contribution in [-0.2, 0) is 10.0 Å². The summed E-state index contributed by atoms with van der Waals surface area (Å²) in [6.07, 6.45) is 4.53. The summed E-state index contributed by atoms with van der Waals surface area (Å²) >= 11 is 0. The van der Waals surface area contributed by atoms with Gasteiger partial charge in [0.2, 0.25) is 0 Å². The molecule has 0 saturated carbocycles. The molecule has 1 aliphatic heterocycles. The number of hydrogen-bond donors (Lipinski definition) is 1. The van der Waals surface area contributed by atoms with Crippen LogP contribution in [0.25, 0.3) is 0 Å². The third-order valence-electron chi connectivity index (χ3n) is 3.33. The smallest absolute Gasteiger partial charge is 0.262 e. The standard InChI is InChI=1S/C11H18N4O2S/c1-9-11(14-5-4-13-9)18(16,17)15-6-2-10(8-12)3-7-15/h4-5,10H,2-3,6-8,12H2,1H3. The summed E-state index contributed by atoms with van der Waals surface area (Å²) in [6, 6.07) is 0. The maximum Gasteiger partial charge on any atom is 0.262 e. The van der Waals surface area contributed by atoms with E-state index in [1.54, 1.807) is 6.92 Å². The molecule has 0 aliphatic carbocycles. The summed E-state index contributed by atoms with van der Waals surface area (Å²) in [5.41, 5.74) is 6.05. The lowest BCUT2D eigenvalue weighted by Crippen LogP contribution is -2.40. The molecule has 100 valence electrons. The van der Waals surface area contributed by atoms with Crippen LogP contribution < -0.4 is 5.73 Å². The molecule has 2 heterocycles. The van der Waals surface area contributed by atoms with Crippen LogP contribution in [0.2, 0.25) is 0 Å². The van der Waals surface area contributed by atoms with Crippen LogP contribution in [0.5, 0.6) is 0 Å². The second-order valence-electron chi connectivity index (χ2n) is 4.53. The van der Waals surface area contributed by atoms with Crippen molar-refractivity contribution in [2.45, 2.75) is 24.8 Å². The highest BCUT2D eigenvalue weighted by Gasteiger charge is 2.31. The van der Waals surface area contributed by atoms with E-state index in [0.29, 0.717) is 31.2 Å². The zero-order valence-electron chi connectivity index (χ0n) is 10.4. The Balaban J connectivity index is 2.20. The first kappa shape index (κ1) is 13.4. The molecule has 0 unspecified atom stereocenters. The Morgan fingerprint density at radius 1 is 1.33 bits per heavy atom. The highest BCUT2D eigenvalue weighted by atomic mass is 32.2. The van der Waals surface area contributed by atoms with Crippen molar-refractivity contribution in [2.24, 2.45) is 11.7 Å². The predicted molar refractivity (Wildman–Crippen MR) is 67.3 cm³/mol. The molecule has 0 radical (unpaired) electrons. The van der Waals surface area contributed by atoms with Gasteiger partial charge < -0.3 is 5.73 Å². The Morgan fingerprint density at radius 2 is 1.94 bits per heavy atom. The fourth-order valence-corrected chi connectivity index (χ4v) is 3.71. The SMILES string of the molecule is Cc1nccnc1S(=O)(=O)N1CCC(CN)CC1. The Kier molecular flexibility index (Phi) is 3.94. The molecule has 1 aromatic heterocycles. The molecule has 1 aliphatic rings. The third-order valence-corrected chi connectivity index (χ3v) is 5.26. The average molecular weight is 270 g/mol. The normalized spacial score (nSPS) is 19.0. The Bertz CT molecular complexity index is 510. The van der Waals surface area contributed by atoms with Gasteiger partial charge in [0, 0.05) is 25.5 Å². The van der Waals surface area contributed by atoms with Crippen LogP contribution in [0.3, 0.4) is 0 Å². The number of piperidine rings is 1. The highest BCUT2D eigenvalue weighted by Crippen LogP contribution is 2.22. The molecule has 18 heavy (non-hydrogen) atoms. The van der Waals surface area contributed by atoms with Gasteiger partial charge in [-0.3, -0.25) is 4.98 Å². The molecule has 0 atom stereocenters. The monoisotopic (exact) mass is 270 g/mol. The number of rotatable bonds is 3. The van der Waals surface area contributed by atoms with Crippen LogP contribution in [0.15, 0.2) is 17.4 Å². The molecular weight excluding hydrogens is 252 g/mol. The van der Waals surface area contributed by atoms with Gasteiger partial charge >= 0.3 is 0 Å². The zero-order chi connectivity index (χ0) is 13.2. The topological polar surface area (TPSA) is 89.2 Å². The van der Waals surface area contributed by atoms with E-state index in [-0.39, 0.29) is 5.03 Å². The molecule has 1 saturated heterocycles. The highest BCUT2D eigenvalue weighted by molar-refractivity contribution is 7.89. The Labute approximate surface area is 107 Å². The number of hydrogen-bond acceptors (Lipinski definition) is 5. The van der Waals surface area contributed by atoms with E-state index in [2.05, 4.69) is 9.97 Å². The fourth-order valence-electron chi connectivity index (χ4n) is 2.16. The average Bonchev–Trinajstić information content (AvgIpc) is 2.39. The molecule has 0 amide bonds. The van der Waals surface area contributed by atoms with Crippen molar-refractivity contribution < 1.29 is 8.42 Å². The summed E-state index contributed by atoms with van der Waals surface area (Å²) < 4.78 is 26.3. The van der Waals surface area contributed by atoms with Gasteiger partial charge in [0.1, 0.15) is 0 Å². The minimum absolute atomic E-state index is 0.0659. The molecule has 0 bridgehead atoms. The van der Waals surface area contributed by atoms with Gasteiger partial charge in [-0.25, -0.2) is 13.4 Å². The van der Waals surface area contributed by atoms with Crippen molar-refractivity contribution in [2.75, 3.05) is 19.6 Å². The van der Waals surface area contributed by atoms with E-state index in [1.165, 1.54) is 16.7 Å². The van der Waals surface area contributed by atoms with Gasteiger partial charge in [-0.15, -0.1) is 0 Å². The quantitative estimate of drug-likeness (QED) is 0.844.